The van der Waals surface area contributed by atoms with E-state index in [0.29, 0.717) is 0 Å². The van der Waals surface area contributed by atoms with E-state index in [9.17, 15) is 0 Å². The Balaban J connectivity index is 2.44. The number of terminal acetylenes is 1. The fraction of sp³-hybridized carbons (Fsp3) is 0.0667. The third-order valence-corrected chi connectivity index (χ3v) is 3.03. The molecular formula is C15H12ClN. The summed E-state index contributed by atoms with van der Waals surface area (Å²) in [5.74, 6) is 2.62. The molecule has 1 aliphatic heterocycles. The molecule has 0 fully saturated rings. The SMILES string of the molecule is C#CC1=CC=C(c2ccc(Cl)cc2)N(C)C1=C. The minimum atomic E-state index is 0.728. The molecule has 0 aliphatic carbocycles. The average molecular weight is 242 g/mol. The standard InChI is InChI=1S/C15H12ClN/c1-4-12-7-10-15(17(3)11(12)2)13-5-8-14(16)9-6-13/h1,5-10H,2H2,3H3. The summed E-state index contributed by atoms with van der Waals surface area (Å²) in [6.07, 6.45) is 9.31. The second kappa shape index (κ2) is 4.53. The van der Waals surface area contributed by atoms with Gasteiger partial charge in [-0.25, -0.2) is 0 Å². The minimum Gasteiger partial charge on any atom is -0.344 e. The molecule has 2 rings (SSSR count). The lowest BCUT2D eigenvalue weighted by atomic mass is 10.0. The summed E-state index contributed by atoms with van der Waals surface area (Å²) in [7, 11) is 1.95. The monoisotopic (exact) mass is 241 g/mol. The van der Waals surface area contributed by atoms with Crippen LogP contribution in [0.3, 0.4) is 0 Å². The maximum Gasteiger partial charge on any atom is 0.0494 e. The van der Waals surface area contributed by atoms with Crippen molar-refractivity contribution in [3.8, 4) is 12.3 Å². The molecule has 0 aromatic heterocycles. The highest BCUT2D eigenvalue weighted by Gasteiger charge is 2.15. The quantitative estimate of drug-likeness (QED) is 0.678. The lowest BCUT2D eigenvalue weighted by molar-refractivity contribution is 0.609. The molecular weight excluding hydrogens is 230 g/mol. The molecule has 1 nitrogen and oxygen atoms in total. The number of hydrogen-bond donors (Lipinski definition) is 0. The zero-order valence-corrected chi connectivity index (χ0v) is 10.3. The van der Waals surface area contributed by atoms with Crippen LogP contribution in [0.1, 0.15) is 5.56 Å². The lowest BCUT2D eigenvalue weighted by Gasteiger charge is -2.27. The minimum absolute atomic E-state index is 0.728. The fourth-order valence-corrected chi connectivity index (χ4v) is 1.86. The Kier molecular flexibility index (Phi) is 3.08. The largest absolute Gasteiger partial charge is 0.344 e. The molecule has 2 heteroatoms. The van der Waals surface area contributed by atoms with E-state index in [0.717, 1.165) is 27.6 Å². The van der Waals surface area contributed by atoms with E-state index in [1.54, 1.807) is 0 Å². The Bertz CT molecular complexity index is 556. The molecule has 0 amide bonds. The molecule has 0 N–H and O–H groups in total. The van der Waals surface area contributed by atoms with E-state index in [4.69, 9.17) is 18.0 Å². The Morgan fingerprint density at radius 2 is 1.88 bits per heavy atom. The second-order valence-electron chi connectivity index (χ2n) is 3.79. The maximum atomic E-state index is 5.87. The van der Waals surface area contributed by atoms with Crippen LogP contribution in [-0.2, 0) is 0 Å². The van der Waals surface area contributed by atoms with Gasteiger partial charge in [-0.15, -0.1) is 6.42 Å². The summed E-state index contributed by atoms with van der Waals surface area (Å²) in [5, 5.41) is 0.728. The van der Waals surface area contributed by atoms with E-state index >= 15 is 0 Å². The van der Waals surface area contributed by atoms with Crippen LogP contribution < -0.4 is 0 Å². The van der Waals surface area contributed by atoms with Gasteiger partial charge in [-0.05, 0) is 29.8 Å². The van der Waals surface area contributed by atoms with Gasteiger partial charge >= 0.3 is 0 Å². The van der Waals surface area contributed by atoms with Crippen LogP contribution in [0.4, 0.5) is 0 Å². The van der Waals surface area contributed by atoms with Gasteiger partial charge in [-0.1, -0.05) is 36.2 Å². The Labute approximate surface area is 107 Å². The van der Waals surface area contributed by atoms with Crippen molar-refractivity contribution >= 4 is 17.3 Å². The van der Waals surface area contributed by atoms with Crippen molar-refractivity contribution in [2.45, 2.75) is 0 Å². The van der Waals surface area contributed by atoms with E-state index in [-0.39, 0.29) is 0 Å². The van der Waals surface area contributed by atoms with E-state index in [2.05, 4.69) is 12.5 Å². The van der Waals surface area contributed by atoms with Gasteiger partial charge in [0.2, 0.25) is 0 Å². The number of likely N-dealkylation sites (N-methyl/N-ethyl adjacent to an activating group) is 1. The molecule has 0 bridgehead atoms. The first-order chi connectivity index (χ1) is 8.13. The number of rotatable bonds is 1. The van der Waals surface area contributed by atoms with E-state index < -0.39 is 0 Å². The van der Waals surface area contributed by atoms with Gasteiger partial charge in [0, 0.05) is 29.0 Å². The summed E-state index contributed by atoms with van der Waals surface area (Å²) in [6, 6.07) is 7.70. The molecule has 0 unspecified atom stereocenters. The van der Waals surface area contributed by atoms with Crippen LogP contribution >= 0.6 is 11.6 Å². The molecule has 1 aromatic carbocycles. The number of benzene rings is 1. The number of hydrogen-bond acceptors (Lipinski definition) is 1. The third-order valence-electron chi connectivity index (χ3n) is 2.78. The lowest BCUT2D eigenvalue weighted by Crippen LogP contribution is -2.19. The zero-order valence-electron chi connectivity index (χ0n) is 9.57. The summed E-state index contributed by atoms with van der Waals surface area (Å²) >= 11 is 5.87. The summed E-state index contributed by atoms with van der Waals surface area (Å²) < 4.78 is 0. The average Bonchev–Trinajstić information content (AvgIpc) is 2.34. The molecule has 0 spiro atoms. The van der Waals surface area contributed by atoms with Gasteiger partial charge < -0.3 is 4.90 Å². The first-order valence-electron chi connectivity index (χ1n) is 5.21. The zero-order chi connectivity index (χ0) is 12.4. The predicted molar refractivity (Wildman–Crippen MR) is 73.2 cm³/mol. The normalized spacial score (nSPS) is 15.1. The van der Waals surface area contributed by atoms with Crippen molar-refractivity contribution in [1.29, 1.82) is 0 Å². The number of nitrogens with zero attached hydrogens (tertiary/aromatic N) is 1. The smallest absolute Gasteiger partial charge is 0.0494 e. The van der Waals surface area contributed by atoms with Gasteiger partial charge in [0.1, 0.15) is 0 Å². The fourth-order valence-electron chi connectivity index (χ4n) is 1.74. The van der Waals surface area contributed by atoms with E-state index in [1.165, 1.54) is 0 Å². The van der Waals surface area contributed by atoms with Crippen molar-refractivity contribution in [2.75, 3.05) is 7.05 Å². The van der Waals surface area contributed by atoms with Crippen LogP contribution in [0, 0.1) is 12.3 Å². The van der Waals surface area contributed by atoms with Gasteiger partial charge in [0.25, 0.3) is 0 Å². The number of allylic oxidation sites excluding steroid dienone is 3. The van der Waals surface area contributed by atoms with Crippen molar-refractivity contribution in [1.82, 2.24) is 4.90 Å². The summed E-state index contributed by atoms with van der Waals surface area (Å²) in [5.41, 5.74) is 3.79. The first-order valence-corrected chi connectivity index (χ1v) is 5.59. The first kappa shape index (κ1) is 11.6. The van der Waals surface area contributed by atoms with Crippen LogP contribution in [0.2, 0.25) is 5.02 Å². The highest BCUT2D eigenvalue weighted by molar-refractivity contribution is 6.30. The summed E-state index contributed by atoms with van der Waals surface area (Å²) in [6.45, 7) is 3.99. The van der Waals surface area contributed by atoms with Crippen molar-refractivity contribution < 1.29 is 0 Å². The molecule has 0 saturated carbocycles. The molecule has 1 aliphatic rings. The summed E-state index contributed by atoms with van der Waals surface area (Å²) in [4.78, 5) is 1.98. The molecule has 1 aromatic rings. The topological polar surface area (TPSA) is 3.24 Å². The second-order valence-corrected chi connectivity index (χ2v) is 4.23. The van der Waals surface area contributed by atoms with Crippen LogP contribution in [0.25, 0.3) is 5.70 Å². The van der Waals surface area contributed by atoms with Crippen LogP contribution in [0.15, 0.2) is 54.3 Å². The van der Waals surface area contributed by atoms with Crippen molar-refractivity contribution in [2.24, 2.45) is 0 Å². The Morgan fingerprint density at radius 1 is 1.24 bits per heavy atom. The highest BCUT2D eigenvalue weighted by Crippen LogP contribution is 2.29. The molecule has 84 valence electrons. The Hall–Kier alpha value is -1.91. The molecule has 0 radical (unpaired) electrons. The number of halogens is 1. The van der Waals surface area contributed by atoms with Gasteiger partial charge in [-0.3, -0.25) is 0 Å². The third kappa shape index (κ3) is 2.13. The molecule has 0 atom stereocenters. The molecule has 1 heterocycles. The maximum absolute atomic E-state index is 5.87. The van der Waals surface area contributed by atoms with Crippen molar-refractivity contribution in [3.63, 3.8) is 0 Å². The van der Waals surface area contributed by atoms with E-state index in [1.807, 2.05) is 48.4 Å². The predicted octanol–water partition coefficient (Wildman–Crippen LogP) is 3.70. The van der Waals surface area contributed by atoms with Gasteiger partial charge in [0.05, 0.1) is 0 Å². The molecule has 0 saturated heterocycles. The Morgan fingerprint density at radius 3 is 2.47 bits per heavy atom. The highest BCUT2D eigenvalue weighted by atomic mass is 35.5. The van der Waals surface area contributed by atoms with Crippen molar-refractivity contribution in [3.05, 3.63) is 64.9 Å². The molecule has 17 heavy (non-hydrogen) atoms. The van der Waals surface area contributed by atoms with Gasteiger partial charge in [0.15, 0.2) is 0 Å². The van der Waals surface area contributed by atoms with Crippen LogP contribution in [0.5, 0.6) is 0 Å². The van der Waals surface area contributed by atoms with Crippen LogP contribution in [-0.4, -0.2) is 11.9 Å². The van der Waals surface area contributed by atoms with Gasteiger partial charge in [-0.2, -0.15) is 0 Å².